The summed E-state index contributed by atoms with van der Waals surface area (Å²) in [6.45, 7) is 6.16. The standard InChI is InChI=1S/C20H21N.C2H6/c1-15-8-10-16(11-9-15)20(12-4-5-13-20)18-14-21-19-7-3-2-6-17(18)19;1-2/h2-3,6-11,14,21H,4-5,12-13H2,1H3;1-2H3. The number of nitrogens with one attached hydrogen (secondary N) is 1. The second-order valence-corrected chi connectivity index (χ2v) is 6.40. The number of para-hydroxylation sites is 1. The van der Waals surface area contributed by atoms with Crippen LogP contribution in [0.15, 0.2) is 54.7 Å². The minimum absolute atomic E-state index is 0.202. The zero-order valence-electron chi connectivity index (χ0n) is 14.5. The molecule has 0 saturated heterocycles. The van der Waals surface area contributed by atoms with Gasteiger partial charge >= 0.3 is 0 Å². The van der Waals surface area contributed by atoms with Gasteiger partial charge in [0.05, 0.1) is 0 Å². The van der Waals surface area contributed by atoms with Crippen LogP contribution in [0.2, 0.25) is 0 Å². The molecule has 1 heterocycles. The first kappa shape index (κ1) is 15.9. The zero-order valence-corrected chi connectivity index (χ0v) is 14.5. The van der Waals surface area contributed by atoms with Crippen LogP contribution >= 0.6 is 0 Å². The van der Waals surface area contributed by atoms with Crippen LogP contribution in [0, 0.1) is 6.92 Å². The van der Waals surface area contributed by atoms with Gasteiger partial charge in [-0.15, -0.1) is 0 Å². The molecule has 1 N–H and O–H groups in total. The topological polar surface area (TPSA) is 15.8 Å². The molecule has 23 heavy (non-hydrogen) atoms. The summed E-state index contributed by atoms with van der Waals surface area (Å²) in [4.78, 5) is 3.47. The second-order valence-electron chi connectivity index (χ2n) is 6.40. The minimum atomic E-state index is 0.202. The smallest absolute Gasteiger partial charge is 0.0457 e. The van der Waals surface area contributed by atoms with Crippen molar-refractivity contribution in [2.45, 2.75) is 51.9 Å². The van der Waals surface area contributed by atoms with Crippen molar-refractivity contribution < 1.29 is 0 Å². The molecule has 1 heteroatoms. The number of benzene rings is 2. The van der Waals surface area contributed by atoms with E-state index in [9.17, 15) is 0 Å². The number of aromatic nitrogens is 1. The van der Waals surface area contributed by atoms with Gasteiger partial charge in [0.1, 0.15) is 0 Å². The molecule has 4 rings (SSSR count). The molecule has 0 atom stereocenters. The van der Waals surface area contributed by atoms with Crippen molar-refractivity contribution in [2.75, 3.05) is 0 Å². The normalized spacial score (nSPS) is 16.1. The Labute approximate surface area is 139 Å². The van der Waals surface area contributed by atoms with Crippen LogP contribution in [-0.4, -0.2) is 4.98 Å². The van der Waals surface area contributed by atoms with E-state index in [2.05, 4.69) is 66.6 Å². The van der Waals surface area contributed by atoms with Crippen molar-refractivity contribution >= 4 is 10.9 Å². The Hall–Kier alpha value is -2.02. The Morgan fingerprint density at radius 1 is 0.870 bits per heavy atom. The van der Waals surface area contributed by atoms with Crippen LogP contribution in [-0.2, 0) is 5.41 Å². The maximum Gasteiger partial charge on any atom is 0.0457 e. The predicted molar refractivity (Wildman–Crippen MR) is 100 cm³/mol. The molecule has 2 aromatic carbocycles. The van der Waals surface area contributed by atoms with Crippen molar-refractivity contribution in [3.63, 3.8) is 0 Å². The Kier molecular flexibility index (Phi) is 4.56. The summed E-state index contributed by atoms with van der Waals surface area (Å²) < 4.78 is 0. The van der Waals surface area contributed by atoms with E-state index >= 15 is 0 Å². The monoisotopic (exact) mass is 305 g/mol. The first-order valence-electron chi connectivity index (χ1n) is 8.93. The van der Waals surface area contributed by atoms with Crippen molar-refractivity contribution in [3.05, 3.63) is 71.4 Å². The first-order valence-corrected chi connectivity index (χ1v) is 8.93. The number of aryl methyl sites for hydroxylation is 1. The van der Waals surface area contributed by atoms with Crippen LogP contribution in [0.3, 0.4) is 0 Å². The lowest BCUT2D eigenvalue weighted by Crippen LogP contribution is -2.23. The summed E-state index contributed by atoms with van der Waals surface area (Å²) in [5.74, 6) is 0. The van der Waals surface area contributed by atoms with Crippen LogP contribution in [0.25, 0.3) is 10.9 Å². The van der Waals surface area contributed by atoms with Crippen molar-refractivity contribution in [2.24, 2.45) is 0 Å². The lowest BCUT2D eigenvalue weighted by atomic mass is 9.73. The molecule has 1 saturated carbocycles. The Morgan fingerprint density at radius 2 is 1.52 bits per heavy atom. The van der Waals surface area contributed by atoms with Gasteiger partial charge < -0.3 is 4.98 Å². The van der Waals surface area contributed by atoms with Gasteiger partial charge in [0.25, 0.3) is 0 Å². The van der Waals surface area contributed by atoms with E-state index in [-0.39, 0.29) is 5.41 Å². The summed E-state index contributed by atoms with van der Waals surface area (Å²) in [5, 5.41) is 1.39. The number of hydrogen-bond donors (Lipinski definition) is 1. The van der Waals surface area contributed by atoms with Crippen LogP contribution in [0.4, 0.5) is 0 Å². The largest absolute Gasteiger partial charge is 0.361 e. The molecule has 0 unspecified atom stereocenters. The molecule has 0 radical (unpaired) electrons. The molecule has 3 aromatic rings. The van der Waals surface area contributed by atoms with E-state index in [0.717, 1.165) is 0 Å². The van der Waals surface area contributed by atoms with Gasteiger partial charge in [-0.3, -0.25) is 0 Å². The SMILES string of the molecule is CC.Cc1ccc(C2(c3c[nH]c4ccccc34)CCCC2)cc1. The van der Waals surface area contributed by atoms with E-state index in [4.69, 9.17) is 0 Å². The molecule has 0 aliphatic heterocycles. The highest BCUT2D eigenvalue weighted by Gasteiger charge is 2.38. The lowest BCUT2D eigenvalue weighted by Gasteiger charge is -2.30. The van der Waals surface area contributed by atoms with Crippen LogP contribution < -0.4 is 0 Å². The quantitative estimate of drug-likeness (QED) is 0.566. The molecule has 0 spiro atoms. The van der Waals surface area contributed by atoms with E-state index in [1.807, 2.05) is 13.8 Å². The maximum absolute atomic E-state index is 3.47. The van der Waals surface area contributed by atoms with E-state index in [1.165, 1.54) is 53.3 Å². The van der Waals surface area contributed by atoms with E-state index in [0.29, 0.717) is 0 Å². The molecule has 1 aromatic heterocycles. The first-order chi connectivity index (χ1) is 11.3. The highest BCUT2D eigenvalue weighted by molar-refractivity contribution is 5.85. The molecular formula is C22H27N. The Bertz CT molecular complexity index is 758. The molecule has 1 fully saturated rings. The average molecular weight is 305 g/mol. The number of rotatable bonds is 2. The molecule has 1 aliphatic rings. The predicted octanol–water partition coefficient (Wildman–Crippen LogP) is 6.36. The van der Waals surface area contributed by atoms with Gasteiger partial charge in [-0.25, -0.2) is 0 Å². The summed E-state index contributed by atoms with van der Waals surface area (Å²) in [5.41, 5.74) is 5.76. The van der Waals surface area contributed by atoms with Crippen molar-refractivity contribution in [1.82, 2.24) is 4.98 Å². The molecule has 1 nitrogen and oxygen atoms in total. The van der Waals surface area contributed by atoms with Crippen molar-refractivity contribution in [3.8, 4) is 0 Å². The zero-order chi connectivity index (χ0) is 16.3. The fourth-order valence-corrected chi connectivity index (χ4v) is 4.03. The second kappa shape index (κ2) is 6.62. The van der Waals surface area contributed by atoms with Gasteiger partial charge in [-0.1, -0.05) is 74.7 Å². The number of aromatic amines is 1. The lowest BCUT2D eigenvalue weighted by molar-refractivity contribution is 0.540. The summed E-state index contributed by atoms with van der Waals surface area (Å²) >= 11 is 0. The summed E-state index contributed by atoms with van der Waals surface area (Å²) in [6.07, 6.45) is 7.42. The highest BCUT2D eigenvalue weighted by Crippen LogP contribution is 2.48. The van der Waals surface area contributed by atoms with Gasteiger partial charge in [0, 0.05) is 22.5 Å². The molecular weight excluding hydrogens is 278 g/mol. The summed E-state index contributed by atoms with van der Waals surface area (Å²) in [7, 11) is 0. The van der Waals surface area contributed by atoms with Gasteiger partial charge in [-0.2, -0.15) is 0 Å². The molecule has 120 valence electrons. The highest BCUT2D eigenvalue weighted by atomic mass is 14.7. The van der Waals surface area contributed by atoms with Crippen molar-refractivity contribution in [1.29, 1.82) is 0 Å². The Morgan fingerprint density at radius 3 is 2.22 bits per heavy atom. The fourth-order valence-electron chi connectivity index (χ4n) is 4.03. The number of H-pyrrole nitrogens is 1. The molecule has 0 bridgehead atoms. The van der Waals surface area contributed by atoms with Gasteiger partial charge in [0.15, 0.2) is 0 Å². The third-order valence-electron chi connectivity index (χ3n) is 5.17. The average Bonchev–Trinajstić information content (AvgIpc) is 3.25. The summed E-state index contributed by atoms with van der Waals surface area (Å²) in [6, 6.07) is 17.9. The van der Waals surface area contributed by atoms with Crippen LogP contribution in [0.5, 0.6) is 0 Å². The van der Waals surface area contributed by atoms with Gasteiger partial charge in [0.2, 0.25) is 0 Å². The van der Waals surface area contributed by atoms with Gasteiger partial charge in [-0.05, 0) is 37.0 Å². The molecule has 0 amide bonds. The third kappa shape index (κ3) is 2.69. The molecule has 1 aliphatic carbocycles. The minimum Gasteiger partial charge on any atom is -0.361 e. The number of hydrogen-bond acceptors (Lipinski definition) is 0. The Balaban J connectivity index is 0.000000753. The van der Waals surface area contributed by atoms with E-state index in [1.54, 1.807) is 0 Å². The van der Waals surface area contributed by atoms with E-state index < -0.39 is 0 Å². The van der Waals surface area contributed by atoms with Crippen LogP contribution in [0.1, 0.15) is 56.2 Å². The maximum atomic E-state index is 3.47. The fraction of sp³-hybridized carbons (Fsp3) is 0.364. The third-order valence-corrected chi connectivity index (χ3v) is 5.17. The number of fused-ring (bicyclic) bond motifs is 1.